The topological polar surface area (TPSA) is 84.5 Å². The van der Waals surface area contributed by atoms with Gasteiger partial charge in [-0.25, -0.2) is 13.1 Å². The number of sulfonamides is 1. The minimum Gasteiger partial charge on any atom is -0.481 e. The Bertz CT molecular complexity index is 946. The highest BCUT2D eigenvalue weighted by Crippen LogP contribution is 2.26. The molecule has 7 heteroatoms. The zero-order valence-corrected chi connectivity index (χ0v) is 18.6. The Hall–Kier alpha value is -2.38. The molecule has 1 atom stereocenters. The zero-order valence-electron chi connectivity index (χ0n) is 17.8. The van der Waals surface area contributed by atoms with Gasteiger partial charge in [0, 0.05) is 11.7 Å². The van der Waals surface area contributed by atoms with Crippen LogP contribution in [0.5, 0.6) is 5.75 Å². The van der Waals surface area contributed by atoms with Gasteiger partial charge in [0.15, 0.2) is 6.10 Å². The van der Waals surface area contributed by atoms with Crippen molar-refractivity contribution in [1.82, 2.24) is 4.72 Å². The number of hydrogen-bond donors (Lipinski definition) is 2. The van der Waals surface area contributed by atoms with Crippen molar-refractivity contribution in [2.75, 3.05) is 5.32 Å². The summed E-state index contributed by atoms with van der Waals surface area (Å²) in [4.78, 5) is 12.6. The molecule has 6 nitrogen and oxygen atoms in total. The molecule has 0 aliphatic rings. The van der Waals surface area contributed by atoms with E-state index in [2.05, 4.69) is 30.8 Å². The van der Waals surface area contributed by atoms with Crippen LogP contribution < -0.4 is 14.8 Å². The monoisotopic (exact) mass is 418 g/mol. The Labute approximate surface area is 173 Å². The molecule has 2 rings (SSSR count). The normalized spacial score (nSPS) is 13.2. The molecule has 0 aliphatic carbocycles. The number of anilines is 1. The fourth-order valence-electron chi connectivity index (χ4n) is 2.63. The van der Waals surface area contributed by atoms with Gasteiger partial charge in [-0.1, -0.05) is 32.9 Å². The summed E-state index contributed by atoms with van der Waals surface area (Å²) in [5, 5.41) is 2.75. The maximum absolute atomic E-state index is 12.5. The molecule has 29 heavy (non-hydrogen) atoms. The minimum absolute atomic E-state index is 0.0165. The van der Waals surface area contributed by atoms with E-state index in [0.29, 0.717) is 11.4 Å². The van der Waals surface area contributed by atoms with Crippen LogP contribution in [-0.4, -0.2) is 26.5 Å². The summed E-state index contributed by atoms with van der Waals surface area (Å²) >= 11 is 0. The first-order valence-electron chi connectivity index (χ1n) is 9.59. The Kier molecular flexibility index (Phi) is 7.08. The number of carbonyl (C=O) groups excluding carboxylic acids is 1. The van der Waals surface area contributed by atoms with Crippen LogP contribution >= 0.6 is 0 Å². The molecule has 2 aromatic carbocycles. The average Bonchev–Trinajstić information content (AvgIpc) is 2.60. The van der Waals surface area contributed by atoms with E-state index in [1.54, 1.807) is 32.9 Å². The predicted molar refractivity (Wildman–Crippen MR) is 116 cm³/mol. The molecule has 0 saturated heterocycles. The fourth-order valence-corrected chi connectivity index (χ4v) is 3.88. The molecule has 2 N–H and O–H groups in total. The number of nitrogens with one attached hydrogen (secondary N) is 2. The van der Waals surface area contributed by atoms with E-state index in [9.17, 15) is 13.2 Å². The van der Waals surface area contributed by atoms with Crippen LogP contribution in [0.3, 0.4) is 0 Å². The molecule has 2 aromatic rings. The van der Waals surface area contributed by atoms with Crippen LogP contribution in [-0.2, 0) is 20.2 Å². The summed E-state index contributed by atoms with van der Waals surface area (Å²) in [5.41, 5.74) is 1.60. The third-order valence-corrected chi connectivity index (χ3v) is 5.88. The van der Waals surface area contributed by atoms with Crippen molar-refractivity contribution in [1.29, 1.82) is 0 Å². The largest absolute Gasteiger partial charge is 0.481 e. The molecule has 1 unspecified atom stereocenters. The molecule has 1 amide bonds. The van der Waals surface area contributed by atoms with Crippen molar-refractivity contribution in [3.8, 4) is 5.75 Å². The van der Waals surface area contributed by atoms with Gasteiger partial charge in [0.2, 0.25) is 10.0 Å². The fraction of sp³-hybridized carbons (Fsp3) is 0.409. The Morgan fingerprint density at radius 1 is 1.00 bits per heavy atom. The van der Waals surface area contributed by atoms with E-state index in [1.807, 2.05) is 24.3 Å². The van der Waals surface area contributed by atoms with E-state index in [-0.39, 0.29) is 22.3 Å². The van der Waals surface area contributed by atoms with Crippen molar-refractivity contribution in [2.24, 2.45) is 0 Å². The van der Waals surface area contributed by atoms with Crippen molar-refractivity contribution in [2.45, 2.75) is 64.0 Å². The lowest BCUT2D eigenvalue weighted by molar-refractivity contribution is -0.122. The third-order valence-electron chi connectivity index (χ3n) is 4.21. The third kappa shape index (κ3) is 6.58. The highest BCUT2D eigenvalue weighted by molar-refractivity contribution is 7.89. The maximum atomic E-state index is 12.5. The summed E-state index contributed by atoms with van der Waals surface area (Å²) < 4.78 is 32.6. The van der Waals surface area contributed by atoms with Crippen LogP contribution in [0.15, 0.2) is 53.4 Å². The average molecular weight is 419 g/mol. The number of amides is 1. The Morgan fingerprint density at radius 3 is 2.17 bits per heavy atom. The second kappa shape index (κ2) is 8.97. The number of carbonyl (C=O) groups is 1. The number of ether oxygens (including phenoxy) is 1. The van der Waals surface area contributed by atoms with Crippen molar-refractivity contribution in [3.63, 3.8) is 0 Å². The van der Waals surface area contributed by atoms with Gasteiger partial charge in [-0.15, -0.1) is 0 Å². The molecule has 0 saturated carbocycles. The number of hydrogen-bond acceptors (Lipinski definition) is 4. The van der Waals surface area contributed by atoms with Crippen LogP contribution in [0.1, 0.15) is 47.1 Å². The van der Waals surface area contributed by atoms with E-state index in [1.165, 1.54) is 12.1 Å². The highest BCUT2D eigenvalue weighted by atomic mass is 32.2. The lowest BCUT2D eigenvalue weighted by Gasteiger charge is -2.21. The van der Waals surface area contributed by atoms with E-state index >= 15 is 0 Å². The molecule has 0 spiro atoms. The second-order valence-corrected chi connectivity index (χ2v) is 10.0. The SMILES string of the molecule is CC(C)NS(=O)(=O)c1ccc(NC(=O)C(C)Oc2cccc(C(C)(C)C)c2)cc1. The van der Waals surface area contributed by atoms with E-state index < -0.39 is 16.1 Å². The number of benzene rings is 2. The zero-order chi connectivity index (χ0) is 21.8. The van der Waals surface area contributed by atoms with Gasteiger partial charge in [0.1, 0.15) is 5.75 Å². The number of rotatable bonds is 7. The smallest absolute Gasteiger partial charge is 0.265 e. The van der Waals surface area contributed by atoms with Crippen LogP contribution in [0, 0.1) is 0 Å². The lowest BCUT2D eigenvalue weighted by atomic mass is 9.87. The first kappa shape index (κ1) is 22.9. The summed E-state index contributed by atoms with van der Waals surface area (Å²) in [5.74, 6) is 0.309. The first-order chi connectivity index (χ1) is 13.4. The van der Waals surface area contributed by atoms with Crippen LogP contribution in [0.25, 0.3) is 0 Å². The maximum Gasteiger partial charge on any atom is 0.265 e. The molecule has 0 aromatic heterocycles. The molecular weight excluding hydrogens is 388 g/mol. The highest BCUT2D eigenvalue weighted by Gasteiger charge is 2.19. The molecule has 0 fully saturated rings. The van der Waals surface area contributed by atoms with Gasteiger partial charge in [-0.3, -0.25) is 4.79 Å². The summed E-state index contributed by atoms with van der Waals surface area (Å²) in [6.45, 7) is 11.5. The molecule has 158 valence electrons. The Balaban J connectivity index is 2.03. The second-order valence-electron chi connectivity index (χ2n) is 8.33. The summed E-state index contributed by atoms with van der Waals surface area (Å²) in [7, 11) is -3.57. The molecular formula is C22H30N2O4S. The summed E-state index contributed by atoms with van der Waals surface area (Å²) in [6.07, 6.45) is -0.712. The van der Waals surface area contributed by atoms with Crippen molar-refractivity contribution < 1.29 is 17.9 Å². The lowest BCUT2D eigenvalue weighted by Crippen LogP contribution is -2.31. The van der Waals surface area contributed by atoms with Gasteiger partial charge < -0.3 is 10.1 Å². The van der Waals surface area contributed by atoms with Gasteiger partial charge >= 0.3 is 0 Å². The predicted octanol–water partition coefficient (Wildman–Crippen LogP) is 4.08. The molecule has 0 aliphatic heterocycles. The minimum atomic E-state index is -3.57. The summed E-state index contributed by atoms with van der Waals surface area (Å²) in [6, 6.07) is 13.5. The van der Waals surface area contributed by atoms with Gasteiger partial charge in [-0.2, -0.15) is 0 Å². The molecule has 0 bridgehead atoms. The van der Waals surface area contributed by atoms with Crippen molar-refractivity contribution >= 4 is 21.6 Å². The van der Waals surface area contributed by atoms with Gasteiger partial charge in [-0.05, 0) is 68.1 Å². The standard InChI is InChI=1S/C22H30N2O4S/c1-15(2)24-29(26,27)20-12-10-18(11-13-20)23-21(25)16(3)28-19-9-7-8-17(14-19)22(4,5)6/h7-16,24H,1-6H3,(H,23,25). The molecule has 0 radical (unpaired) electrons. The van der Waals surface area contributed by atoms with Crippen molar-refractivity contribution in [3.05, 3.63) is 54.1 Å². The van der Waals surface area contributed by atoms with E-state index in [0.717, 1.165) is 5.56 Å². The first-order valence-corrected chi connectivity index (χ1v) is 11.1. The molecule has 0 heterocycles. The van der Waals surface area contributed by atoms with Gasteiger partial charge in [0.05, 0.1) is 4.90 Å². The van der Waals surface area contributed by atoms with Gasteiger partial charge in [0.25, 0.3) is 5.91 Å². The van der Waals surface area contributed by atoms with Crippen LogP contribution in [0.2, 0.25) is 0 Å². The Morgan fingerprint density at radius 2 is 1.62 bits per heavy atom. The van der Waals surface area contributed by atoms with E-state index in [4.69, 9.17) is 4.74 Å². The van der Waals surface area contributed by atoms with Crippen LogP contribution in [0.4, 0.5) is 5.69 Å². The quantitative estimate of drug-likeness (QED) is 0.710.